The number of rotatable bonds is 8. The molecule has 23 heavy (non-hydrogen) atoms. The van der Waals surface area contributed by atoms with E-state index in [0.717, 1.165) is 17.4 Å². The molecule has 1 atom stereocenters. The Morgan fingerprint density at radius 1 is 1.13 bits per heavy atom. The fourth-order valence-corrected chi connectivity index (χ4v) is 2.26. The van der Waals surface area contributed by atoms with Crippen LogP contribution in [-0.2, 0) is 20.9 Å². The number of carbonyl (C=O) groups excluding carboxylic acids is 2. The van der Waals surface area contributed by atoms with Crippen molar-refractivity contribution in [2.24, 2.45) is 0 Å². The first kappa shape index (κ1) is 16.7. The summed E-state index contributed by atoms with van der Waals surface area (Å²) in [5, 5.41) is 0. The lowest BCUT2D eigenvalue weighted by Crippen LogP contribution is -2.06. The molecule has 0 heterocycles. The Balaban J connectivity index is 1.99. The first-order valence-electron chi connectivity index (χ1n) is 7.51. The first-order chi connectivity index (χ1) is 11.2. The van der Waals surface area contributed by atoms with Gasteiger partial charge in [-0.05, 0) is 29.7 Å². The minimum atomic E-state index is -0.339. The first-order valence-corrected chi connectivity index (χ1v) is 7.51. The third kappa shape index (κ3) is 5.25. The quantitative estimate of drug-likeness (QED) is 0.553. The van der Waals surface area contributed by atoms with E-state index >= 15 is 0 Å². The van der Waals surface area contributed by atoms with Crippen molar-refractivity contribution < 1.29 is 19.1 Å². The van der Waals surface area contributed by atoms with Crippen molar-refractivity contribution in [3.63, 3.8) is 0 Å². The summed E-state index contributed by atoms with van der Waals surface area (Å²) in [6.45, 7) is 0.470. The molecule has 0 amide bonds. The van der Waals surface area contributed by atoms with E-state index in [1.54, 1.807) is 0 Å². The van der Waals surface area contributed by atoms with Gasteiger partial charge in [0.1, 0.15) is 18.6 Å². The Bertz CT molecular complexity index is 637. The van der Waals surface area contributed by atoms with Crippen molar-refractivity contribution in [3.8, 4) is 5.75 Å². The largest absolute Gasteiger partial charge is 0.489 e. The van der Waals surface area contributed by atoms with Crippen LogP contribution in [0.25, 0.3) is 0 Å². The van der Waals surface area contributed by atoms with E-state index in [2.05, 4.69) is 4.74 Å². The van der Waals surface area contributed by atoms with Crippen LogP contribution < -0.4 is 4.74 Å². The van der Waals surface area contributed by atoms with Gasteiger partial charge in [0, 0.05) is 12.3 Å². The van der Waals surface area contributed by atoms with Crippen LogP contribution in [0.5, 0.6) is 5.75 Å². The standard InChI is InChI=1S/C19H20O4/c1-22-19(21)11-10-17(13-20)16-8-5-9-18(12-16)23-14-15-6-3-2-4-7-15/h2-9,12-13,17H,10-11,14H2,1H3/t17-/m0/s1. The van der Waals surface area contributed by atoms with Gasteiger partial charge in [-0.2, -0.15) is 0 Å². The Morgan fingerprint density at radius 3 is 2.61 bits per heavy atom. The molecule has 4 nitrogen and oxygen atoms in total. The van der Waals surface area contributed by atoms with Crippen molar-refractivity contribution in [2.75, 3.05) is 7.11 Å². The smallest absolute Gasteiger partial charge is 0.305 e. The lowest BCUT2D eigenvalue weighted by Gasteiger charge is -2.12. The number of esters is 1. The van der Waals surface area contributed by atoms with Gasteiger partial charge in [-0.1, -0.05) is 42.5 Å². The highest BCUT2D eigenvalue weighted by atomic mass is 16.5. The highest BCUT2D eigenvalue weighted by Crippen LogP contribution is 2.24. The van der Waals surface area contributed by atoms with Crippen molar-refractivity contribution in [1.82, 2.24) is 0 Å². The maximum Gasteiger partial charge on any atom is 0.305 e. The summed E-state index contributed by atoms with van der Waals surface area (Å²) in [6, 6.07) is 17.3. The van der Waals surface area contributed by atoms with Crippen LogP contribution in [0.3, 0.4) is 0 Å². The van der Waals surface area contributed by atoms with Gasteiger partial charge in [0.25, 0.3) is 0 Å². The molecule has 4 heteroatoms. The van der Waals surface area contributed by atoms with E-state index in [-0.39, 0.29) is 18.3 Å². The van der Waals surface area contributed by atoms with Crippen LogP contribution in [-0.4, -0.2) is 19.4 Å². The molecule has 0 N–H and O–H groups in total. The van der Waals surface area contributed by atoms with Gasteiger partial charge in [-0.3, -0.25) is 4.79 Å². The summed E-state index contributed by atoms with van der Waals surface area (Å²) < 4.78 is 10.4. The third-order valence-corrected chi connectivity index (χ3v) is 3.59. The molecule has 0 aliphatic heterocycles. The summed E-state index contributed by atoms with van der Waals surface area (Å²) in [4.78, 5) is 22.5. The molecule has 0 saturated heterocycles. The molecule has 120 valence electrons. The zero-order valence-electron chi connectivity index (χ0n) is 13.1. The monoisotopic (exact) mass is 312 g/mol. The number of hydrogen-bond donors (Lipinski definition) is 0. The van der Waals surface area contributed by atoms with Gasteiger partial charge < -0.3 is 14.3 Å². The van der Waals surface area contributed by atoms with Crippen LogP contribution >= 0.6 is 0 Å². The maximum atomic E-state index is 11.3. The molecule has 0 aliphatic rings. The lowest BCUT2D eigenvalue weighted by atomic mass is 9.95. The number of carbonyl (C=O) groups is 2. The maximum absolute atomic E-state index is 11.3. The zero-order chi connectivity index (χ0) is 16.5. The van der Waals surface area contributed by atoms with E-state index in [1.807, 2.05) is 54.6 Å². The SMILES string of the molecule is COC(=O)CC[C@@H](C=O)c1cccc(OCc2ccccc2)c1. The van der Waals surface area contributed by atoms with Gasteiger partial charge in [0.15, 0.2) is 0 Å². The summed E-state index contributed by atoms with van der Waals surface area (Å²) in [5.41, 5.74) is 1.92. The fraction of sp³-hybridized carbons (Fsp3) is 0.263. The van der Waals surface area contributed by atoms with Crippen molar-refractivity contribution >= 4 is 12.3 Å². The van der Waals surface area contributed by atoms with Crippen LogP contribution in [0.1, 0.15) is 29.9 Å². The molecule has 0 fully saturated rings. The Kier molecular flexibility index (Phi) is 6.36. The average molecular weight is 312 g/mol. The summed E-state index contributed by atoms with van der Waals surface area (Å²) >= 11 is 0. The highest BCUT2D eigenvalue weighted by Gasteiger charge is 2.13. The molecular formula is C19H20O4. The minimum absolute atomic E-state index is 0.217. The van der Waals surface area contributed by atoms with Gasteiger partial charge in [0.2, 0.25) is 0 Å². The second-order valence-electron chi connectivity index (χ2n) is 5.20. The molecular weight excluding hydrogens is 292 g/mol. The van der Waals surface area contributed by atoms with Crippen LogP contribution in [0, 0.1) is 0 Å². The number of hydrogen-bond acceptors (Lipinski definition) is 4. The fourth-order valence-electron chi connectivity index (χ4n) is 2.26. The summed E-state index contributed by atoms with van der Waals surface area (Å²) in [7, 11) is 1.34. The second kappa shape index (κ2) is 8.73. The zero-order valence-corrected chi connectivity index (χ0v) is 13.1. The minimum Gasteiger partial charge on any atom is -0.489 e. The normalized spacial score (nSPS) is 11.5. The molecule has 0 unspecified atom stereocenters. The lowest BCUT2D eigenvalue weighted by molar-refractivity contribution is -0.140. The Labute approximate surface area is 136 Å². The van der Waals surface area contributed by atoms with E-state index in [4.69, 9.17) is 4.74 Å². The molecule has 0 spiro atoms. The molecule has 0 aromatic heterocycles. The topological polar surface area (TPSA) is 52.6 Å². The van der Waals surface area contributed by atoms with Gasteiger partial charge >= 0.3 is 5.97 Å². The number of ether oxygens (including phenoxy) is 2. The molecule has 0 radical (unpaired) electrons. The Morgan fingerprint density at radius 2 is 1.91 bits per heavy atom. The molecule has 0 bridgehead atoms. The van der Waals surface area contributed by atoms with Crippen molar-refractivity contribution in [3.05, 3.63) is 65.7 Å². The van der Waals surface area contributed by atoms with Crippen molar-refractivity contribution in [1.29, 1.82) is 0 Å². The predicted octanol–water partition coefficient (Wildman–Crippen LogP) is 3.50. The molecule has 2 aromatic carbocycles. The van der Waals surface area contributed by atoms with E-state index in [9.17, 15) is 9.59 Å². The second-order valence-corrected chi connectivity index (χ2v) is 5.20. The van der Waals surface area contributed by atoms with Gasteiger partial charge in [-0.15, -0.1) is 0 Å². The predicted molar refractivity (Wildman–Crippen MR) is 87.3 cm³/mol. The van der Waals surface area contributed by atoms with Crippen LogP contribution in [0.4, 0.5) is 0 Å². The summed E-state index contributed by atoms with van der Waals surface area (Å²) in [6.07, 6.45) is 1.51. The average Bonchev–Trinajstić information content (AvgIpc) is 2.61. The number of benzene rings is 2. The third-order valence-electron chi connectivity index (χ3n) is 3.59. The Hall–Kier alpha value is -2.62. The van der Waals surface area contributed by atoms with E-state index in [0.29, 0.717) is 18.8 Å². The van der Waals surface area contributed by atoms with Crippen LogP contribution in [0.2, 0.25) is 0 Å². The number of aldehydes is 1. The molecule has 2 aromatic rings. The van der Waals surface area contributed by atoms with Gasteiger partial charge in [0.05, 0.1) is 7.11 Å². The molecule has 0 aliphatic carbocycles. The van der Waals surface area contributed by atoms with Gasteiger partial charge in [-0.25, -0.2) is 0 Å². The highest BCUT2D eigenvalue weighted by molar-refractivity contribution is 5.71. The van der Waals surface area contributed by atoms with Crippen LogP contribution in [0.15, 0.2) is 54.6 Å². The number of methoxy groups -OCH3 is 1. The van der Waals surface area contributed by atoms with Crippen molar-refractivity contribution in [2.45, 2.75) is 25.4 Å². The van der Waals surface area contributed by atoms with E-state index in [1.165, 1.54) is 7.11 Å². The summed E-state index contributed by atoms with van der Waals surface area (Å²) in [5.74, 6) is 0.0546. The molecule has 2 rings (SSSR count). The van der Waals surface area contributed by atoms with E-state index < -0.39 is 0 Å². The molecule has 0 saturated carbocycles.